The third-order valence-electron chi connectivity index (χ3n) is 3.03. The van der Waals surface area contributed by atoms with Crippen LogP contribution in [0.3, 0.4) is 0 Å². The highest BCUT2D eigenvalue weighted by Crippen LogP contribution is 2.35. The summed E-state index contributed by atoms with van der Waals surface area (Å²) < 4.78 is 53.5. The van der Waals surface area contributed by atoms with Crippen LogP contribution in [0, 0.1) is 12.9 Å². The number of hydrazone groups is 1. The average Bonchev–Trinajstić information content (AvgIpc) is 2.88. The quantitative estimate of drug-likeness (QED) is 0.513. The van der Waals surface area contributed by atoms with Gasteiger partial charge in [0.1, 0.15) is 5.02 Å². The van der Waals surface area contributed by atoms with Gasteiger partial charge in [-0.05, 0) is 6.92 Å². The summed E-state index contributed by atoms with van der Waals surface area (Å²) >= 11 is 5.57. The summed E-state index contributed by atoms with van der Waals surface area (Å²) in [6.07, 6.45) is -3.78. The molecule has 2 aromatic heterocycles. The first-order valence-corrected chi connectivity index (χ1v) is 6.74. The standard InChI is InChI=1S/C12H11ClF4N6O/c1-5-6(10(14)23(3)20-5)4-18-19-11(24)8-7(13)9(12(15,16)17)22(2)21-8/h4H,1-3H3,(H,19,24)/b18-4-. The zero-order chi connectivity index (χ0) is 18.2. The summed E-state index contributed by atoms with van der Waals surface area (Å²) in [5.41, 5.74) is 0.391. The van der Waals surface area contributed by atoms with Crippen molar-refractivity contribution < 1.29 is 22.4 Å². The molecule has 130 valence electrons. The Bertz CT molecular complexity index is 823. The van der Waals surface area contributed by atoms with Crippen molar-refractivity contribution in [2.75, 3.05) is 0 Å². The highest BCUT2D eigenvalue weighted by Gasteiger charge is 2.39. The zero-order valence-electron chi connectivity index (χ0n) is 12.6. The molecule has 0 saturated carbocycles. The molecule has 0 spiro atoms. The maximum absolute atomic E-state index is 13.7. The highest BCUT2D eigenvalue weighted by atomic mass is 35.5. The lowest BCUT2D eigenvalue weighted by molar-refractivity contribution is -0.143. The molecule has 0 aliphatic rings. The molecule has 0 fully saturated rings. The van der Waals surface area contributed by atoms with Crippen LogP contribution in [-0.2, 0) is 20.3 Å². The number of alkyl halides is 3. The number of rotatable bonds is 3. The summed E-state index contributed by atoms with van der Waals surface area (Å²) in [4.78, 5) is 11.9. The lowest BCUT2D eigenvalue weighted by Crippen LogP contribution is -2.19. The van der Waals surface area contributed by atoms with Crippen molar-refractivity contribution in [1.29, 1.82) is 0 Å². The smallest absolute Gasteiger partial charge is 0.265 e. The van der Waals surface area contributed by atoms with Crippen molar-refractivity contribution in [3.63, 3.8) is 0 Å². The van der Waals surface area contributed by atoms with Gasteiger partial charge in [0, 0.05) is 14.1 Å². The fourth-order valence-corrected chi connectivity index (χ4v) is 2.31. The van der Waals surface area contributed by atoms with Crippen molar-refractivity contribution in [1.82, 2.24) is 25.0 Å². The summed E-state index contributed by atoms with van der Waals surface area (Å²) in [5.74, 6) is -1.75. The van der Waals surface area contributed by atoms with Gasteiger partial charge < -0.3 is 0 Å². The van der Waals surface area contributed by atoms with E-state index < -0.39 is 34.4 Å². The van der Waals surface area contributed by atoms with Gasteiger partial charge in [-0.25, -0.2) is 10.1 Å². The molecule has 0 atom stereocenters. The molecule has 0 aliphatic carbocycles. The van der Waals surface area contributed by atoms with Gasteiger partial charge >= 0.3 is 6.18 Å². The molecule has 0 radical (unpaired) electrons. The van der Waals surface area contributed by atoms with Crippen LogP contribution >= 0.6 is 11.6 Å². The van der Waals surface area contributed by atoms with Gasteiger partial charge in [-0.3, -0.25) is 9.48 Å². The van der Waals surface area contributed by atoms with Crippen LogP contribution in [0.1, 0.15) is 27.4 Å². The molecule has 2 heterocycles. The van der Waals surface area contributed by atoms with Crippen LogP contribution in [-0.4, -0.2) is 31.7 Å². The number of hydrogen-bond donors (Lipinski definition) is 1. The van der Waals surface area contributed by atoms with E-state index >= 15 is 0 Å². The monoisotopic (exact) mass is 366 g/mol. The second kappa shape index (κ2) is 6.23. The number of nitrogens with one attached hydrogen (secondary N) is 1. The van der Waals surface area contributed by atoms with Crippen LogP contribution in [0.5, 0.6) is 0 Å². The third kappa shape index (κ3) is 3.25. The lowest BCUT2D eigenvalue weighted by Gasteiger charge is -2.06. The molecule has 0 bridgehead atoms. The number of hydrogen-bond acceptors (Lipinski definition) is 4. The molecule has 7 nitrogen and oxygen atoms in total. The van der Waals surface area contributed by atoms with E-state index in [1.165, 1.54) is 14.0 Å². The topological polar surface area (TPSA) is 77.1 Å². The zero-order valence-corrected chi connectivity index (χ0v) is 13.4. The van der Waals surface area contributed by atoms with Crippen molar-refractivity contribution in [2.24, 2.45) is 19.2 Å². The van der Waals surface area contributed by atoms with Gasteiger partial charge in [-0.15, -0.1) is 0 Å². The Morgan fingerprint density at radius 3 is 2.38 bits per heavy atom. The maximum atomic E-state index is 13.7. The predicted molar refractivity (Wildman–Crippen MR) is 76.2 cm³/mol. The van der Waals surface area contributed by atoms with Crippen molar-refractivity contribution in [3.05, 3.63) is 33.6 Å². The molecule has 0 aromatic carbocycles. The van der Waals surface area contributed by atoms with Crippen molar-refractivity contribution >= 4 is 23.7 Å². The predicted octanol–water partition coefficient (Wildman–Crippen LogP) is 2.04. The van der Waals surface area contributed by atoms with E-state index in [4.69, 9.17) is 11.6 Å². The highest BCUT2D eigenvalue weighted by molar-refractivity contribution is 6.34. The first-order chi connectivity index (χ1) is 11.0. The second-order valence-corrected chi connectivity index (χ2v) is 5.12. The minimum Gasteiger partial charge on any atom is -0.265 e. The minimum atomic E-state index is -4.77. The largest absolute Gasteiger partial charge is 0.434 e. The Morgan fingerprint density at radius 1 is 1.29 bits per heavy atom. The number of aromatic nitrogens is 4. The first-order valence-electron chi connectivity index (χ1n) is 6.36. The van der Waals surface area contributed by atoms with Crippen LogP contribution in [0.4, 0.5) is 17.6 Å². The Morgan fingerprint density at radius 2 is 1.92 bits per heavy atom. The molecule has 12 heteroatoms. The SMILES string of the molecule is Cc1nn(C)c(F)c1/C=N\NC(=O)c1nn(C)c(C(F)(F)F)c1Cl. The Hall–Kier alpha value is -2.43. The molecule has 1 N–H and O–H groups in total. The normalized spacial score (nSPS) is 12.2. The van der Waals surface area contributed by atoms with E-state index in [-0.39, 0.29) is 5.56 Å². The number of halogens is 5. The molecule has 24 heavy (non-hydrogen) atoms. The third-order valence-corrected chi connectivity index (χ3v) is 3.39. The molecule has 0 aliphatic heterocycles. The minimum absolute atomic E-state index is 0.0286. The number of carbonyl (C=O) groups excluding carboxylic acids is 1. The van der Waals surface area contributed by atoms with Crippen LogP contribution in [0.25, 0.3) is 0 Å². The number of carbonyl (C=O) groups is 1. The number of aryl methyl sites for hydroxylation is 3. The molecule has 0 saturated heterocycles. The molecular formula is C12H11ClF4N6O. The van der Waals surface area contributed by atoms with Crippen LogP contribution in [0.2, 0.25) is 5.02 Å². The van der Waals surface area contributed by atoms with Crippen molar-refractivity contribution in [3.8, 4) is 0 Å². The fourth-order valence-electron chi connectivity index (χ4n) is 1.95. The van der Waals surface area contributed by atoms with Gasteiger partial charge in [0.05, 0.1) is 17.5 Å². The van der Waals surface area contributed by atoms with E-state index in [1.807, 2.05) is 5.43 Å². The molecule has 1 amide bonds. The number of amides is 1. The summed E-state index contributed by atoms with van der Waals surface area (Å²) in [6, 6.07) is 0. The van der Waals surface area contributed by atoms with Gasteiger partial charge in [0.2, 0.25) is 5.95 Å². The summed E-state index contributed by atoms with van der Waals surface area (Å²) in [5, 5.41) is 9.87. The number of nitrogens with zero attached hydrogens (tertiary/aromatic N) is 5. The lowest BCUT2D eigenvalue weighted by atomic mass is 10.3. The van der Waals surface area contributed by atoms with Gasteiger partial charge in [-0.1, -0.05) is 11.6 Å². The second-order valence-electron chi connectivity index (χ2n) is 4.75. The molecule has 2 aromatic rings. The van der Waals surface area contributed by atoms with E-state index in [0.717, 1.165) is 17.9 Å². The Balaban J connectivity index is 2.21. The van der Waals surface area contributed by atoms with E-state index in [0.29, 0.717) is 10.4 Å². The van der Waals surface area contributed by atoms with Gasteiger partial charge in [0.15, 0.2) is 11.4 Å². The van der Waals surface area contributed by atoms with Gasteiger partial charge in [-0.2, -0.15) is 32.9 Å². The Kier molecular flexibility index (Phi) is 4.65. The first kappa shape index (κ1) is 17.9. The summed E-state index contributed by atoms with van der Waals surface area (Å²) in [7, 11) is 2.38. The fraction of sp³-hybridized carbons (Fsp3) is 0.333. The average molecular weight is 367 g/mol. The molecule has 2 rings (SSSR count). The van der Waals surface area contributed by atoms with Crippen LogP contribution < -0.4 is 5.43 Å². The molecular weight excluding hydrogens is 356 g/mol. The van der Waals surface area contributed by atoms with Crippen LogP contribution in [0.15, 0.2) is 5.10 Å². The van der Waals surface area contributed by atoms with E-state index in [9.17, 15) is 22.4 Å². The maximum Gasteiger partial charge on any atom is 0.434 e. The van der Waals surface area contributed by atoms with E-state index in [1.54, 1.807) is 0 Å². The Labute approximate surface area is 137 Å². The van der Waals surface area contributed by atoms with Gasteiger partial charge in [0.25, 0.3) is 5.91 Å². The van der Waals surface area contributed by atoms with Crippen molar-refractivity contribution in [2.45, 2.75) is 13.1 Å². The van der Waals surface area contributed by atoms with E-state index in [2.05, 4.69) is 15.3 Å². The molecule has 0 unspecified atom stereocenters. The summed E-state index contributed by atoms with van der Waals surface area (Å²) in [6.45, 7) is 1.53.